The van der Waals surface area contributed by atoms with E-state index in [0.717, 1.165) is 19.6 Å². The molecule has 0 saturated carbocycles. The molecule has 2 rings (SSSR count). The molecule has 19 heavy (non-hydrogen) atoms. The molecule has 0 aromatic carbocycles. The molecule has 3 atom stereocenters. The Labute approximate surface area is 129 Å². The van der Waals surface area contributed by atoms with Gasteiger partial charge in [-0.1, -0.05) is 13.8 Å². The van der Waals surface area contributed by atoms with Gasteiger partial charge in [-0.2, -0.15) is 0 Å². The number of halogens is 1. The van der Waals surface area contributed by atoms with E-state index in [2.05, 4.69) is 48.1 Å². The fraction of sp³-hybridized carbons (Fsp3) is 0.733. The largest absolute Gasteiger partial charge is 0.378 e. The summed E-state index contributed by atoms with van der Waals surface area (Å²) in [5, 5.41) is 3.75. The summed E-state index contributed by atoms with van der Waals surface area (Å²) in [5.41, 5.74) is 1.46. The van der Waals surface area contributed by atoms with Gasteiger partial charge in [0.25, 0.3) is 0 Å². The van der Waals surface area contributed by atoms with Gasteiger partial charge in [0, 0.05) is 23.4 Å². The first-order valence-electron chi connectivity index (χ1n) is 7.28. The highest BCUT2D eigenvalue weighted by Gasteiger charge is 2.35. The van der Waals surface area contributed by atoms with Crippen molar-refractivity contribution >= 4 is 27.3 Å². The van der Waals surface area contributed by atoms with Gasteiger partial charge in [-0.15, -0.1) is 11.3 Å². The zero-order valence-corrected chi connectivity index (χ0v) is 14.4. The number of thiophene rings is 1. The Kier molecular flexibility index (Phi) is 5.87. The quantitative estimate of drug-likeness (QED) is 0.808. The fourth-order valence-electron chi connectivity index (χ4n) is 3.03. The van der Waals surface area contributed by atoms with Crippen molar-refractivity contribution in [1.82, 2.24) is 5.32 Å². The van der Waals surface area contributed by atoms with Crippen LogP contribution in [0, 0.1) is 12.8 Å². The Morgan fingerprint density at radius 3 is 2.89 bits per heavy atom. The molecule has 1 fully saturated rings. The Balaban J connectivity index is 2.22. The third-order valence-corrected chi connectivity index (χ3v) is 5.54. The normalized spacial score (nSPS) is 24.8. The van der Waals surface area contributed by atoms with Crippen molar-refractivity contribution in [3.63, 3.8) is 0 Å². The zero-order valence-electron chi connectivity index (χ0n) is 12.0. The third kappa shape index (κ3) is 3.60. The molecule has 0 amide bonds. The average molecular weight is 346 g/mol. The second-order valence-corrected chi connectivity index (χ2v) is 7.90. The monoisotopic (exact) mass is 345 g/mol. The maximum Gasteiger partial charge on any atom is 0.0704 e. The SMILES string of the molecule is CCCNC(c1cc(Br)sc1C)C1CCOC1CC. The summed E-state index contributed by atoms with van der Waals surface area (Å²) < 4.78 is 7.13. The van der Waals surface area contributed by atoms with E-state index in [0.29, 0.717) is 18.1 Å². The van der Waals surface area contributed by atoms with Gasteiger partial charge in [0.15, 0.2) is 0 Å². The highest BCUT2D eigenvalue weighted by molar-refractivity contribution is 9.11. The summed E-state index contributed by atoms with van der Waals surface area (Å²) in [6, 6.07) is 2.73. The lowest BCUT2D eigenvalue weighted by Crippen LogP contribution is -2.33. The molecule has 0 radical (unpaired) electrons. The predicted octanol–water partition coefficient (Wildman–Crippen LogP) is 4.67. The van der Waals surface area contributed by atoms with Crippen LogP contribution in [0.5, 0.6) is 0 Å². The smallest absolute Gasteiger partial charge is 0.0704 e. The van der Waals surface area contributed by atoms with Gasteiger partial charge in [-0.3, -0.25) is 0 Å². The van der Waals surface area contributed by atoms with E-state index < -0.39 is 0 Å². The van der Waals surface area contributed by atoms with E-state index in [9.17, 15) is 0 Å². The molecule has 1 aromatic rings. The van der Waals surface area contributed by atoms with Crippen molar-refractivity contribution in [3.8, 4) is 0 Å². The topological polar surface area (TPSA) is 21.3 Å². The molecule has 1 saturated heterocycles. The zero-order chi connectivity index (χ0) is 13.8. The highest BCUT2D eigenvalue weighted by Crippen LogP contribution is 2.39. The van der Waals surface area contributed by atoms with Gasteiger partial charge in [-0.25, -0.2) is 0 Å². The van der Waals surface area contributed by atoms with Gasteiger partial charge in [0.1, 0.15) is 0 Å². The number of aryl methyl sites for hydroxylation is 1. The molecular weight excluding hydrogens is 322 g/mol. The van der Waals surface area contributed by atoms with E-state index in [4.69, 9.17) is 4.74 Å². The second-order valence-electron chi connectivity index (χ2n) is 5.26. The first-order chi connectivity index (χ1) is 9.17. The molecule has 1 aliphatic heterocycles. The molecule has 0 bridgehead atoms. The standard InChI is InChI=1S/C15H24BrNOS/c1-4-7-17-15(11-6-8-18-13(11)5-2)12-9-14(16)19-10(12)3/h9,11,13,15,17H,4-8H2,1-3H3. The molecule has 108 valence electrons. The van der Waals surface area contributed by atoms with Crippen LogP contribution in [0.15, 0.2) is 9.85 Å². The number of nitrogens with one attached hydrogen (secondary N) is 1. The maximum absolute atomic E-state index is 5.90. The van der Waals surface area contributed by atoms with Crippen LogP contribution in [-0.2, 0) is 4.74 Å². The summed E-state index contributed by atoms with van der Waals surface area (Å²) in [6.07, 6.45) is 3.87. The Hall–Kier alpha value is 0.1000. The summed E-state index contributed by atoms with van der Waals surface area (Å²) in [5.74, 6) is 0.608. The first kappa shape index (κ1) is 15.5. The van der Waals surface area contributed by atoms with E-state index in [-0.39, 0.29) is 0 Å². The van der Waals surface area contributed by atoms with Crippen LogP contribution in [0.4, 0.5) is 0 Å². The van der Waals surface area contributed by atoms with Crippen molar-refractivity contribution < 1.29 is 4.74 Å². The van der Waals surface area contributed by atoms with E-state index in [1.54, 1.807) is 0 Å². The lowest BCUT2D eigenvalue weighted by Gasteiger charge is -2.28. The molecule has 1 aliphatic rings. The molecule has 3 unspecified atom stereocenters. The molecule has 0 spiro atoms. The van der Waals surface area contributed by atoms with Crippen LogP contribution >= 0.6 is 27.3 Å². The van der Waals surface area contributed by atoms with Crippen LogP contribution in [0.1, 0.15) is 49.6 Å². The summed E-state index contributed by atoms with van der Waals surface area (Å²) in [4.78, 5) is 1.42. The first-order valence-corrected chi connectivity index (χ1v) is 8.89. The summed E-state index contributed by atoms with van der Waals surface area (Å²) in [6.45, 7) is 8.67. The minimum absolute atomic E-state index is 0.410. The minimum Gasteiger partial charge on any atom is -0.378 e. The van der Waals surface area contributed by atoms with Crippen LogP contribution < -0.4 is 5.32 Å². The molecule has 2 nitrogen and oxygen atoms in total. The van der Waals surface area contributed by atoms with Crippen LogP contribution in [0.25, 0.3) is 0 Å². The van der Waals surface area contributed by atoms with Gasteiger partial charge in [-0.05, 0) is 60.3 Å². The Morgan fingerprint density at radius 2 is 2.32 bits per heavy atom. The molecule has 1 aromatic heterocycles. The average Bonchev–Trinajstić information content (AvgIpc) is 2.97. The van der Waals surface area contributed by atoms with E-state index in [1.807, 2.05) is 11.3 Å². The lowest BCUT2D eigenvalue weighted by molar-refractivity contribution is 0.0774. The number of rotatable bonds is 6. The lowest BCUT2D eigenvalue weighted by atomic mass is 9.87. The third-order valence-electron chi connectivity index (χ3n) is 3.97. The van der Waals surface area contributed by atoms with Crippen molar-refractivity contribution in [3.05, 3.63) is 20.3 Å². The predicted molar refractivity (Wildman–Crippen MR) is 85.9 cm³/mol. The van der Waals surface area contributed by atoms with Crippen molar-refractivity contribution in [1.29, 1.82) is 0 Å². The van der Waals surface area contributed by atoms with Crippen molar-refractivity contribution in [2.24, 2.45) is 5.92 Å². The van der Waals surface area contributed by atoms with E-state index >= 15 is 0 Å². The molecule has 1 N–H and O–H groups in total. The molecule has 0 aliphatic carbocycles. The van der Waals surface area contributed by atoms with Gasteiger partial charge < -0.3 is 10.1 Å². The van der Waals surface area contributed by atoms with Gasteiger partial charge in [0.05, 0.1) is 9.89 Å². The number of ether oxygens (including phenoxy) is 1. The molecule has 4 heteroatoms. The number of hydrogen-bond donors (Lipinski definition) is 1. The van der Waals surface area contributed by atoms with Crippen molar-refractivity contribution in [2.45, 2.75) is 52.2 Å². The molecule has 2 heterocycles. The van der Waals surface area contributed by atoms with Crippen LogP contribution in [0.3, 0.4) is 0 Å². The Bertz CT molecular complexity index is 407. The fourth-order valence-corrected chi connectivity index (χ4v) is 4.78. The second kappa shape index (κ2) is 7.21. The van der Waals surface area contributed by atoms with Crippen molar-refractivity contribution in [2.75, 3.05) is 13.2 Å². The van der Waals surface area contributed by atoms with Gasteiger partial charge in [0.2, 0.25) is 0 Å². The summed E-state index contributed by atoms with van der Waals surface area (Å²) in [7, 11) is 0. The highest BCUT2D eigenvalue weighted by atomic mass is 79.9. The summed E-state index contributed by atoms with van der Waals surface area (Å²) >= 11 is 5.45. The number of hydrogen-bond acceptors (Lipinski definition) is 3. The van der Waals surface area contributed by atoms with Crippen LogP contribution in [0.2, 0.25) is 0 Å². The van der Waals surface area contributed by atoms with Crippen LogP contribution in [-0.4, -0.2) is 19.3 Å². The van der Waals surface area contributed by atoms with E-state index in [1.165, 1.54) is 27.1 Å². The van der Waals surface area contributed by atoms with Gasteiger partial charge >= 0.3 is 0 Å². The minimum atomic E-state index is 0.410. The maximum atomic E-state index is 5.90. The molecular formula is C15H24BrNOS. The Morgan fingerprint density at radius 1 is 1.53 bits per heavy atom.